The van der Waals surface area contributed by atoms with Gasteiger partial charge in [-0.2, -0.15) is 0 Å². The first-order chi connectivity index (χ1) is 9.78. The van der Waals surface area contributed by atoms with Gasteiger partial charge in [0.25, 0.3) is 0 Å². The summed E-state index contributed by atoms with van der Waals surface area (Å²) < 4.78 is 11.6. The van der Waals surface area contributed by atoms with Crippen LogP contribution >= 0.6 is 0 Å². The molecule has 0 spiro atoms. The summed E-state index contributed by atoms with van der Waals surface area (Å²) >= 11 is 0. The Bertz CT molecular complexity index is 582. The predicted octanol–water partition coefficient (Wildman–Crippen LogP) is 4.32. The number of aromatic amines is 1. The molecule has 3 heteroatoms. The largest absolute Gasteiger partial charge is 0.493 e. The summed E-state index contributed by atoms with van der Waals surface area (Å²) in [6.45, 7) is 2.10. The molecule has 106 valence electrons. The highest BCUT2D eigenvalue weighted by Gasteiger charge is 2.19. The van der Waals surface area contributed by atoms with Gasteiger partial charge in [-0.15, -0.1) is 0 Å². The molecule has 1 fully saturated rings. The van der Waals surface area contributed by atoms with Crippen molar-refractivity contribution in [1.29, 1.82) is 0 Å². The Morgan fingerprint density at radius 1 is 1.10 bits per heavy atom. The van der Waals surface area contributed by atoms with Gasteiger partial charge < -0.3 is 14.5 Å². The van der Waals surface area contributed by atoms with Crippen molar-refractivity contribution in [3.63, 3.8) is 0 Å². The van der Waals surface area contributed by atoms with Crippen molar-refractivity contribution in [1.82, 2.24) is 4.98 Å². The van der Waals surface area contributed by atoms with Crippen LogP contribution in [-0.2, 0) is 0 Å². The van der Waals surface area contributed by atoms with E-state index in [-0.39, 0.29) is 0 Å². The maximum Gasteiger partial charge on any atom is 0.162 e. The molecule has 0 amide bonds. The molecule has 0 unspecified atom stereocenters. The normalized spacial score (nSPS) is 15.5. The molecule has 1 heterocycles. The number of hydrogen-bond donors (Lipinski definition) is 1. The van der Waals surface area contributed by atoms with Crippen LogP contribution in [0.5, 0.6) is 11.5 Å². The Balaban J connectivity index is 1.92. The fraction of sp³-hybridized carbons (Fsp3) is 0.412. The molecule has 1 aliphatic carbocycles. The molecule has 0 atom stereocenters. The fourth-order valence-electron chi connectivity index (χ4n) is 2.87. The molecule has 0 bridgehead atoms. The highest BCUT2D eigenvalue weighted by Crippen LogP contribution is 2.35. The standard InChI is InChI=1S/C17H21NO2/c1-12-9-10-18-17(12)13-7-8-15(19-2)16(11-13)20-14-5-3-4-6-14/h7-11,14,18H,3-6H2,1-2H3. The zero-order chi connectivity index (χ0) is 13.9. The van der Waals surface area contributed by atoms with Crippen molar-refractivity contribution in [2.75, 3.05) is 7.11 Å². The Morgan fingerprint density at radius 2 is 1.90 bits per heavy atom. The lowest BCUT2D eigenvalue weighted by Crippen LogP contribution is -2.11. The molecule has 2 aromatic rings. The number of aromatic nitrogens is 1. The minimum absolute atomic E-state index is 0.337. The van der Waals surface area contributed by atoms with Crippen LogP contribution < -0.4 is 9.47 Å². The third kappa shape index (κ3) is 2.53. The number of H-pyrrole nitrogens is 1. The van der Waals surface area contributed by atoms with Crippen LogP contribution in [-0.4, -0.2) is 18.2 Å². The summed E-state index contributed by atoms with van der Waals surface area (Å²) in [7, 11) is 1.69. The molecular formula is C17H21NO2. The molecule has 0 radical (unpaired) electrons. The molecular weight excluding hydrogens is 250 g/mol. The van der Waals surface area contributed by atoms with E-state index < -0.39 is 0 Å². The molecule has 1 aromatic heterocycles. The molecule has 1 saturated carbocycles. The summed E-state index contributed by atoms with van der Waals surface area (Å²) in [5.74, 6) is 1.66. The molecule has 20 heavy (non-hydrogen) atoms. The molecule has 0 saturated heterocycles. The molecule has 1 aromatic carbocycles. The Kier molecular flexibility index (Phi) is 3.68. The molecule has 3 rings (SSSR count). The summed E-state index contributed by atoms with van der Waals surface area (Å²) in [5.41, 5.74) is 3.52. The quantitative estimate of drug-likeness (QED) is 0.898. The molecule has 0 aliphatic heterocycles. The predicted molar refractivity (Wildman–Crippen MR) is 80.4 cm³/mol. The van der Waals surface area contributed by atoms with Crippen molar-refractivity contribution < 1.29 is 9.47 Å². The monoisotopic (exact) mass is 271 g/mol. The van der Waals surface area contributed by atoms with Gasteiger partial charge in [0.15, 0.2) is 11.5 Å². The number of methoxy groups -OCH3 is 1. The lowest BCUT2D eigenvalue weighted by Gasteiger charge is -2.17. The van der Waals surface area contributed by atoms with Crippen LogP contribution in [0.3, 0.4) is 0 Å². The van der Waals surface area contributed by atoms with Gasteiger partial charge in [-0.05, 0) is 62.4 Å². The zero-order valence-corrected chi connectivity index (χ0v) is 12.1. The van der Waals surface area contributed by atoms with Gasteiger partial charge in [0.05, 0.1) is 13.2 Å². The summed E-state index contributed by atoms with van der Waals surface area (Å²) in [6, 6.07) is 8.21. The summed E-state index contributed by atoms with van der Waals surface area (Å²) in [5, 5.41) is 0. The second-order valence-corrected chi connectivity index (χ2v) is 5.43. The third-order valence-corrected chi connectivity index (χ3v) is 4.00. The second kappa shape index (κ2) is 5.61. The van der Waals surface area contributed by atoms with Gasteiger partial charge in [0.1, 0.15) is 0 Å². The smallest absolute Gasteiger partial charge is 0.162 e. The lowest BCUT2D eigenvalue weighted by atomic mass is 10.1. The molecule has 1 aliphatic rings. The van der Waals surface area contributed by atoms with E-state index in [9.17, 15) is 0 Å². The van der Waals surface area contributed by atoms with Crippen LogP contribution in [0.25, 0.3) is 11.3 Å². The number of rotatable bonds is 4. The third-order valence-electron chi connectivity index (χ3n) is 4.00. The van der Waals surface area contributed by atoms with Crippen LogP contribution in [0.1, 0.15) is 31.2 Å². The average Bonchev–Trinajstić information content (AvgIpc) is 3.10. The zero-order valence-electron chi connectivity index (χ0n) is 12.1. The maximum atomic E-state index is 6.14. The van der Waals surface area contributed by atoms with Gasteiger partial charge >= 0.3 is 0 Å². The number of hydrogen-bond acceptors (Lipinski definition) is 2. The Morgan fingerprint density at radius 3 is 2.55 bits per heavy atom. The van der Waals surface area contributed by atoms with Gasteiger partial charge in [-0.25, -0.2) is 0 Å². The van der Waals surface area contributed by atoms with Crippen molar-refractivity contribution in [3.8, 4) is 22.8 Å². The minimum atomic E-state index is 0.337. The Hall–Kier alpha value is -1.90. The number of aryl methyl sites for hydroxylation is 1. The number of ether oxygens (including phenoxy) is 2. The van der Waals surface area contributed by atoms with E-state index >= 15 is 0 Å². The van der Waals surface area contributed by atoms with Gasteiger partial charge in [-0.3, -0.25) is 0 Å². The average molecular weight is 271 g/mol. The second-order valence-electron chi connectivity index (χ2n) is 5.43. The Labute approximate surface area is 119 Å². The van der Waals surface area contributed by atoms with Crippen molar-refractivity contribution in [3.05, 3.63) is 36.0 Å². The maximum absolute atomic E-state index is 6.14. The SMILES string of the molecule is COc1ccc(-c2[nH]ccc2C)cc1OC1CCCC1. The van der Waals surface area contributed by atoms with Crippen molar-refractivity contribution in [2.45, 2.75) is 38.7 Å². The topological polar surface area (TPSA) is 34.2 Å². The van der Waals surface area contributed by atoms with Gasteiger partial charge in [0.2, 0.25) is 0 Å². The number of nitrogens with one attached hydrogen (secondary N) is 1. The first-order valence-electron chi connectivity index (χ1n) is 7.27. The molecule has 1 N–H and O–H groups in total. The van der Waals surface area contributed by atoms with Gasteiger partial charge in [-0.1, -0.05) is 0 Å². The fourth-order valence-corrected chi connectivity index (χ4v) is 2.87. The van der Waals surface area contributed by atoms with Crippen LogP contribution in [0.4, 0.5) is 0 Å². The number of benzene rings is 1. The van der Waals surface area contributed by atoms with E-state index in [2.05, 4.69) is 30.1 Å². The van der Waals surface area contributed by atoms with E-state index in [0.29, 0.717) is 6.10 Å². The van der Waals surface area contributed by atoms with Crippen LogP contribution in [0.15, 0.2) is 30.5 Å². The van der Waals surface area contributed by atoms with E-state index in [0.717, 1.165) is 35.6 Å². The van der Waals surface area contributed by atoms with Crippen molar-refractivity contribution in [2.24, 2.45) is 0 Å². The first kappa shape index (κ1) is 13.1. The lowest BCUT2D eigenvalue weighted by molar-refractivity contribution is 0.201. The van der Waals surface area contributed by atoms with Crippen LogP contribution in [0, 0.1) is 6.92 Å². The first-order valence-corrected chi connectivity index (χ1v) is 7.27. The van der Waals surface area contributed by atoms with E-state index in [1.807, 2.05) is 12.3 Å². The van der Waals surface area contributed by atoms with Crippen LogP contribution in [0.2, 0.25) is 0 Å². The minimum Gasteiger partial charge on any atom is -0.493 e. The molecule has 3 nitrogen and oxygen atoms in total. The summed E-state index contributed by atoms with van der Waals surface area (Å²) in [6.07, 6.45) is 7.13. The summed E-state index contributed by atoms with van der Waals surface area (Å²) in [4.78, 5) is 3.28. The van der Waals surface area contributed by atoms with Crippen molar-refractivity contribution >= 4 is 0 Å². The van der Waals surface area contributed by atoms with E-state index in [4.69, 9.17) is 9.47 Å². The van der Waals surface area contributed by atoms with E-state index in [1.165, 1.54) is 18.4 Å². The highest BCUT2D eigenvalue weighted by atomic mass is 16.5. The van der Waals surface area contributed by atoms with Gasteiger partial charge in [0, 0.05) is 17.5 Å². The highest BCUT2D eigenvalue weighted by molar-refractivity contribution is 5.67. The van der Waals surface area contributed by atoms with E-state index in [1.54, 1.807) is 7.11 Å².